The van der Waals surface area contributed by atoms with Crippen molar-refractivity contribution >= 4 is 36.1 Å². The first-order valence-corrected chi connectivity index (χ1v) is 6.61. The minimum Gasteiger partial charge on any atom is -0.0905 e. The summed E-state index contributed by atoms with van der Waals surface area (Å²) in [4.78, 5) is 0. The van der Waals surface area contributed by atoms with E-state index in [1.807, 2.05) is 0 Å². The molecule has 0 aromatic heterocycles. The summed E-state index contributed by atoms with van der Waals surface area (Å²) >= 11 is 0. The Morgan fingerprint density at radius 3 is 1.63 bits per heavy atom. The van der Waals surface area contributed by atoms with Crippen LogP contribution in [0.25, 0.3) is 36.1 Å². The molecule has 0 aliphatic heterocycles. The second-order valence-electron chi connectivity index (χ2n) is 5.82. The van der Waals surface area contributed by atoms with Crippen molar-refractivity contribution in [2.45, 2.75) is 13.8 Å². The third-order valence-corrected chi connectivity index (χ3v) is 3.88. The Balaban J connectivity index is 2.51. The summed E-state index contributed by atoms with van der Waals surface area (Å²) in [5.41, 5.74) is 2.47. The van der Waals surface area contributed by atoms with Gasteiger partial charge in [-0.3, -0.25) is 0 Å². The van der Waals surface area contributed by atoms with Crippen molar-refractivity contribution in [2.75, 3.05) is 0 Å². The maximum Gasteiger partial charge on any atom is 0.00111 e. The molecule has 0 radical (unpaired) electrons. The van der Waals surface area contributed by atoms with E-state index in [4.69, 9.17) is 0 Å². The second-order valence-corrected chi connectivity index (χ2v) is 5.82. The molecule has 0 saturated carbocycles. The van der Waals surface area contributed by atoms with Crippen LogP contribution in [0.5, 0.6) is 0 Å². The quantitative estimate of drug-likeness (QED) is 0.664. The van der Waals surface area contributed by atoms with E-state index < -0.39 is 0 Å². The molecule has 94 valence electrons. The van der Waals surface area contributed by atoms with Crippen LogP contribution in [-0.4, -0.2) is 0 Å². The fourth-order valence-corrected chi connectivity index (χ4v) is 2.66. The Morgan fingerprint density at radius 2 is 1.21 bits per heavy atom. The third-order valence-electron chi connectivity index (χ3n) is 3.88. The average molecular weight is 246 g/mol. The van der Waals surface area contributed by atoms with E-state index in [1.165, 1.54) is 21.9 Å². The molecule has 2 aromatic rings. The summed E-state index contributed by atoms with van der Waals surface area (Å²) in [6.07, 6.45) is 8.86. The Hall–Kier alpha value is -2.08. The molecule has 3 rings (SSSR count). The highest BCUT2D eigenvalue weighted by atomic mass is 14.2. The minimum atomic E-state index is 0.0735. The molecule has 0 N–H and O–H groups in total. The molecule has 0 spiro atoms. The van der Waals surface area contributed by atoms with Crippen LogP contribution in [0.3, 0.4) is 0 Å². The van der Waals surface area contributed by atoms with E-state index in [-0.39, 0.29) is 5.41 Å². The number of benzene rings is 2. The first-order chi connectivity index (χ1) is 8.99. The number of hydrogen-bond donors (Lipinski definition) is 0. The van der Waals surface area contributed by atoms with Gasteiger partial charge in [0.05, 0.1) is 0 Å². The van der Waals surface area contributed by atoms with Crippen molar-refractivity contribution in [1.29, 1.82) is 0 Å². The number of fused-ring (bicyclic) bond motifs is 2. The number of hydrogen-bond acceptors (Lipinski definition) is 0. The summed E-state index contributed by atoms with van der Waals surface area (Å²) in [6.45, 7) is 13.0. The second kappa shape index (κ2) is 3.96. The Kier molecular flexibility index (Phi) is 2.50. The molecular weight excluding hydrogens is 228 g/mol. The van der Waals surface area contributed by atoms with Crippen LogP contribution < -0.4 is 10.4 Å². The molecule has 0 fully saturated rings. The van der Waals surface area contributed by atoms with E-state index in [0.29, 0.717) is 0 Å². The first kappa shape index (κ1) is 12.0. The maximum absolute atomic E-state index is 4.28. The summed E-state index contributed by atoms with van der Waals surface area (Å²) < 4.78 is 0. The smallest absolute Gasteiger partial charge is 0.00111 e. The molecule has 19 heavy (non-hydrogen) atoms. The highest BCUT2D eigenvalue weighted by molar-refractivity contribution is 5.90. The molecule has 0 unspecified atom stereocenters. The van der Waals surface area contributed by atoms with Crippen molar-refractivity contribution in [3.8, 4) is 0 Å². The van der Waals surface area contributed by atoms with Crippen molar-refractivity contribution in [3.05, 3.63) is 58.0 Å². The largest absolute Gasteiger partial charge is 0.0905 e. The normalized spacial score (nSPS) is 16.3. The van der Waals surface area contributed by atoms with E-state index >= 15 is 0 Å². The lowest BCUT2D eigenvalue weighted by atomic mass is 9.93. The van der Waals surface area contributed by atoms with Crippen molar-refractivity contribution in [2.24, 2.45) is 5.41 Å². The Morgan fingerprint density at radius 1 is 0.789 bits per heavy atom. The molecule has 1 aliphatic rings. The molecule has 0 atom stereocenters. The van der Waals surface area contributed by atoms with Gasteiger partial charge in [-0.2, -0.15) is 0 Å². The zero-order chi connectivity index (χ0) is 13.6. The lowest BCUT2D eigenvalue weighted by Gasteiger charge is -2.12. The fraction of sp³-hybridized carbons (Fsp3) is 0.158. The van der Waals surface area contributed by atoms with E-state index in [9.17, 15) is 0 Å². The standard InChI is InChI=1S/C19H18/c1-13-15-7-5-6-8-16(15)14(2)18-10-12-19(3,4)11-9-17(13)18/h5-12H,1-2H2,3-4H3. The Labute approximate surface area is 114 Å². The molecule has 1 aliphatic carbocycles. The van der Waals surface area contributed by atoms with Crippen LogP contribution in [0.4, 0.5) is 0 Å². The third kappa shape index (κ3) is 1.84. The number of allylic oxidation sites excluding steroid dienone is 2. The molecule has 0 bridgehead atoms. The summed E-state index contributed by atoms with van der Waals surface area (Å²) in [7, 11) is 0. The first-order valence-electron chi connectivity index (χ1n) is 6.61. The van der Waals surface area contributed by atoms with Gasteiger partial charge < -0.3 is 0 Å². The van der Waals surface area contributed by atoms with Gasteiger partial charge in [-0.05, 0) is 32.3 Å². The van der Waals surface area contributed by atoms with Gasteiger partial charge in [0.2, 0.25) is 0 Å². The van der Waals surface area contributed by atoms with Crippen LogP contribution in [0.1, 0.15) is 25.0 Å². The lowest BCUT2D eigenvalue weighted by Crippen LogP contribution is -2.17. The van der Waals surface area contributed by atoms with Crippen LogP contribution in [0, 0.1) is 5.41 Å². The SMILES string of the molecule is C=c1c2c(c(=C)c3ccccc13)C=CC(C)(C)C=C2. The molecule has 2 aromatic carbocycles. The van der Waals surface area contributed by atoms with Crippen LogP contribution in [-0.2, 0) is 0 Å². The van der Waals surface area contributed by atoms with Crippen molar-refractivity contribution in [3.63, 3.8) is 0 Å². The van der Waals surface area contributed by atoms with E-state index in [0.717, 1.165) is 10.4 Å². The van der Waals surface area contributed by atoms with E-state index in [1.54, 1.807) is 0 Å². The summed E-state index contributed by atoms with van der Waals surface area (Å²) in [5.74, 6) is 0. The van der Waals surface area contributed by atoms with Gasteiger partial charge in [-0.15, -0.1) is 0 Å². The predicted molar refractivity (Wildman–Crippen MR) is 86.1 cm³/mol. The maximum atomic E-state index is 4.28. The van der Waals surface area contributed by atoms with Crippen LogP contribution in [0.2, 0.25) is 0 Å². The van der Waals surface area contributed by atoms with Gasteiger partial charge in [0.15, 0.2) is 0 Å². The van der Waals surface area contributed by atoms with Gasteiger partial charge in [0.1, 0.15) is 0 Å². The van der Waals surface area contributed by atoms with Crippen molar-refractivity contribution < 1.29 is 0 Å². The van der Waals surface area contributed by atoms with Gasteiger partial charge in [-0.1, -0.05) is 75.6 Å². The summed E-state index contributed by atoms with van der Waals surface area (Å²) in [6, 6.07) is 8.37. The highest BCUT2D eigenvalue weighted by Gasteiger charge is 2.14. The topological polar surface area (TPSA) is 0 Å². The van der Waals surface area contributed by atoms with Gasteiger partial charge in [-0.25, -0.2) is 0 Å². The lowest BCUT2D eigenvalue weighted by molar-refractivity contribution is 0.633. The monoisotopic (exact) mass is 246 g/mol. The van der Waals surface area contributed by atoms with Gasteiger partial charge in [0, 0.05) is 5.41 Å². The zero-order valence-electron chi connectivity index (χ0n) is 11.5. The number of rotatable bonds is 0. The molecule has 0 saturated heterocycles. The molecule has 0 heterocycles. The van der Waals surface area contributed by atoms with Crippen molar-refractivity contribution in [1.82, 2.24) is 0 Å². The van der Waals surface area contributed by atoms with Gasteiger partial charge in [0.25, 0.3) is 0 Å². The minimum absolute atomic E-state index is 0.0735. The van der Waals surface area contributed by atoms with Gasteiger partial charge >= 0.3 is 0 Å². The molecule has 0 nitrogen and oxygen atoms in total. The molecule has 0 heteroatoms. The molecular formula is C19H18. The summed E-state index contributed by atoms with van der Waals surface area (Å²) in [5, 5.41) is 4.58. The fourth-order valence-electron chi connectivity index (χ4n) is 2.66. The van der Waals surface area contributed by atoms with Crippen LogP contribution >= 0.6 is 0 Å². The van der Waals surface area contributed by atoms with E-state index in [2.05, 4.69) is 75.6 Å². The van der Waals surface area contributed by atoms with Crippen LogP contribution in [0.15, 0.2) is 36.4 Å². The average Bonchev–Trinajstić information content (AvgIpc) is 2.55. The Bertz CT molecular complexity index is 749. The predicted octanol–water partition coefficient (Wildman–Crippen LogP) is 3.73. The zero-order valence-corrected chi connectivity index (χ0v) is 11.5. The highest BCUT2D eigenvalue weighted by Crippen LogP contribution is 2.26. The molecule has 0 amide bonds.